The van der Waals surface area contributed by atoms with Crippen LogP contribution in [0.15, 0.2) is 42.5 Å². The van der Waals surface area contributed by atoms with Gasteiger partial charge in [0.2, 0.25) is 0 Å². The first-order valence-electron chi connectivity index (χ1n) is 8.12. The lowest BCUT2D eigenvalue weighted by molar-refractivity contribution is -0.159. The summed E-state index contributed by atoms with van der Waals surface area (Å²) in [6.45, 7) is 1.05. The summed E-state index contributed by atoms with van der Waals surface area (Å²) in [5, 5.41) is 18.0. The quantitative estimate of drug-likeness (QED) is 0.623. The molecule has 2 rings (SSSR count). The number of rotatable bonds is 6. The summed E-state index contributed by atoms with van der Waals surface area (Å²) in [6, 6.07) is 10.7. The van der Waals surface area contributed by atoms with Gasteiger partial charge in [0.1, 0.15) is 0 Å². The lowest BCUT2D eigenvalue weighted by atomic mass is 10.1. The SMILES string of the molecule is COc1ccc(CNCc2ccc(C(F)(F)F)cc2)cc1OC.O=C(O)C(=O)O. The molecule has 0 heterocycles. The molecule has 0 unspecified atom stereocenters. The number of carboxylic acids is 2. The highest BCUT2D eigenvalue weighted by atomic mass is 19.4. The van der Waals surface area contributed by atoms with E-state index in [0.717, 1.165) is 23.3 Å². The Balaban J connectivity index is 0.000000612. The van der Waals surface area contributed by atoms with Crippen LogP contribution >= 0.6 is 0 Å². The Morgan fingerprint density at radius 2 is 1.34 bits per heavy atom. The number of methoxy groups -OCH3 is 2. The van der Waals surface area contributed by atoms with E-state index in [-0.39, 0.29) is 0 Å². The molecule has 0 amide bonds. The Bertz CT molecular complexity index is 810. The van der Waals surface area contributed by atoms with Crippen LogP contribution in [-0.2, 0) is 28.9 Å². The summed E-state index contributed by atoms with van der Waals surface area (Å²) >= 11 is 0. The third-order valence-electron chi connectivity index (χ3n) is 3.57. The predicted molar refractivity (Wildman–Crippen MR) is 96.8 cm³/mol. The first kappa shape index (κ1) is 23.8. The van der Waals surface area contributed by atoms with Crippen LogP contribution in [0.1, 0.15) is 16.7 Å². The molecule has 0 saturated heterocycles. The number of alkyl halides is 3. The third kappa shape index (κ3) is 8.09. The van der Waals surface area contributed by atoms with Crippen molar-refractivity contribution in [1.29, 1.82) is 0 Å². The van der Waals surface area contributed by atoms with Crippen molar-refractivity contribution in [2.75, 3.05) is 14.2 Å². The molecule has 158 valence electrons. The van der Waals surface area contributed by atoms with Crippen molar-refractivity contribution >= 4 is 11.9 Å². The second-order valence-electron chi connectivity index (χ2n) is 5.60. The fourth-order valence-corrected chi connectivity index (χ4v) is 2.15. The van der Waals surface area contributed by atoms with Crippen LogP contribution in [0.3, 0.4) is 0 Å². The first-order chi connectivity index (χ1) is 13.6. The van der Waals surface area contributed by atoms with Crippen molar-refractivity contribution in [2.45, 2.75) is 19.3 Å². The Labute approximate surface area is 164 Å². The molecule has 0 aliphatic rings. The molecule has 0 spiro atoms. The van der Waals surface area contributed by atoms with Gasteiger partial charge in [-0.25, -0.2) is 9.59 Å². The second-order valence-corrected chi connectivity index (χ2v) is 5.60. The van der Waals surface area contributed by atoms with E-state index in [0.29, 0.717) is 24.6 Å². The molecular formula is C19H20F3NO6. The van der Waals surface area contributed by atoms with Gasteiger partial charge in [0.05, 0.1) is 19.8 Å². The number of nitrogens with one attached hydrogen (secondary N) is 1. The fraction of sp³-hybridized carbons (Fsp3) is 0.263. The molecule has 0 radical (unpaired) electrons. The molecule has 3 N–H and O–H groups in total. The van der Waals surface area contributed by atoms with Crippen LogP contribution in [0.2, 0.25) is 0 Å². The van der Waals surface area contributed by atoms with Gasteiger partial charge in [-0.15, -0.1) is 0 Å². The topological polar surface area (TPSA) is 105 Å². The number of benzene rings is 2. The highest BCUT2D eigenvalue weighted by Crippen LogP contribution is 2.29. The average molecular weight is 415 g/mol. The van der Waals surface area contributed by atoms with Gasteiger partial charge in [0.15, 0.2) is 11.5 Å². The standard InChI is InChI=1S/C17H18F3NO2.C2H2O4/c1-22-15-8-5-13(9-16(15)23-2)11-21-10-12-3-6-14(7-4-12)17(18,19)20;3-1(4)2(5)6/h3-9,21H,10-11H2,1-2H3;(H,3,4)(H,5,6). The fourth-order valence-electron chi connectivity index (χ4n) is 2.15. The van der Waals surface area contributed by atoms with E-state index in [1.54, 1.807) is 14.2 Å². The zero-order chi connectivity index (χ0) is 22.0. The molecule has 0 aliphatic carbocycles. The third-order valence-corrected chi connectivity index (χ3v) is 3.57. The second kappa shape index (κ2) is 10.9. The van der Waals surface area contributed by atoms with Gasteiger partial charge >= 0.3 is 18.1 Å². The maximum absolute atomic E-state index is 12.5. The predicted octanol–water partition coefficient (Wildman–Crippen LogP) is 3.17. The lowest BCUT2D eigenvalue weighted by Gasteiger charge is -2.11. The average Bonchev–Trinajstić information content (AvgIpc) is 2.68. The van der Waals surface area contributed by atoms with E-state index < -0.39 is 23.7 Å². The number of carboxylic acid groups (broad SMARTS) is 2. The highest BCUT2D eigenvalue weighted by molar-refractivity contribution is 6.27. The van der Waals surface area contributed by atoms with Crippen LogP contribution in [-0.4, -0.2) is 36.4 Å². The summed E-state index contributed by atoms with van der Waals surface area (Å²) in [7, 11) is 3.14. The summed E-state index contributed by atoms with van der Waals surface area (Å²) in [5.41, 5.74) is 1.15. The minimum atomic E-state index is -4.30. The van der Waals surface area contributed by atoms with Gasteiger partial charge in [0.25, 0.3) is 0 Å². The van der Waals surface area contributed by atoms with Gasteiger partial charge in [0, 0.05) is 13.1 Å². The number of carbonyl (C=O) groups is 2. The largest absolute Gasteiger partial charge is 0.493 e. The Kier molecular flexibility index (Phi) is 8.94. The van der Waals surface area contributed by atoms with Gasteiger partial charge < -0.3 is 25.0 Å². The monoisotopic (exact) mass is 415 g/mol. The molecule has 0 bridgehead atoms. The summed E-state index contributed by atoms with van der Waals surface area (Å²) < 4.78 is 47.9. The van der Waals surface area contributed by atoms with Crippen LogP contribution in [0.25, 0.3) is 0 Å². The molecule has 0 aromatic heterocycles. The van der Waals surface area contributed by atoms with Crippen LogP contribution in [0.4, 0.5) is 13.2 Å². The number of hydrogen-bond donors (Lipinski definition) is 3. The minimum Gasteiger partial charge on any atom is -0.493 e. The molecule has 0 aliphatic heterocycles. The molecule has 7 nitrogen and oxygen atoms in total. The maximum Gasteiger partial charge on any atom is 0.416 e. The molecule has 2 aromatic rings. The summed E-state index contributed by atoms with van der Waals surface area (Å²) in [4.78, 5) is 18.2. The van der Waals surface area contributed by atoms with Gasteiger partial charge in [-0.1, -0.05) is 18.2 Å². The Morgan fingerprint density at radius 1 is 0.862 bits per heavy atom. The zero-order valence-corrected chi connectivity index (χ0v) is 15.6. The smallest absolute Gasteiger partial charge is 0.416 e. The van der Waals surface area contributed by atoms with Crippen molar-refractivity contribution < 1.29 is 42.4 Å². The van der Waals surface area contributed by atoms with E-state index in [1.165, 1.54) is 12.1 Å². The molecule has 29 heavy (non-hydrogen) atoms. The van der Waals surface area contributed by atoms with E-state index >= 15 is 0 Å². The van der Waals surface area contributed by atoms with Crippen LogP contribution in [0, 0.1) is 0 Å². The molecule has 10 heteroatoms. The molecular weight excluding hydrogens is 395 g/mol. The lowest BCUT2D eigenvalue weighted by Crippen LogP contribution is -2.13. The molecule has 0 saturated carbocycles. The number of ether oxygens (including phenoxy) is 2. The van der Waals surface area contributed by atoms with Gasteiger partial charge in [-0.2, -0.15) is 13.2 Å². The molecule has 2 aromatic carbocycles. The first-order valence-corrected chi connectivity index (χ1v) is 8.12. The maximum atomic E-state index is 12.5. The number of aliphatic carboxylic acids is 2. The van der Waals surface area contributed by atoms with Crippen molar-refractivity contribution in [3.05, 3.63) is 59.2 Å². The summed E-state index contributed by atoms with van der Waals surface area (Å²) in [6.07, 6.45) is -4.30. The van der Waals surface area contributed by atoms with E-state index in [1.807, 2.05) is 18.2 Å². The van der Waals surface area contributed by atoms with E-state index in [9.17, 15) is 13.2 Å². The summed E-state index contributed by atoms with van der Waals surface area (Å²) in [5.74, 6) is -2.36. The van der Waals surface area contributed by atoms with E-state index in [2.05, 4.69) is 5.32 Å². The Morgan fingerprint density at radius 3 is 1.79 bits per heavy atom. The zero-order valence-electron chi connectivity index (χ0n) is 15.6. The Hall–Kier alpha value is -3.27. The highest BCUT2D eigenvalue weighted by Gasteiger charge is 2.29. The van der Waals surface area contributed by atoms with Gasteiger partial charge in [-0.05, 0) is 35.4 Å². The number of halogens is 3. The molecule has 0 fully saturated rings. The van der Waals surface area contributed by atoms with Gasteiger partial charge in [-0.3, -0.25) is 0 Å². The van der Waals surface area contributed by atoms with Crippen LogP contribution < -0.4 is 14.8 Å². The van der Waals surface area contributed by atoms with Crippen molar-refractivity contribution in [3.63, 3.8) is 0 Å². The van der Waals surface area contributed by atoms with Crippen molar-refractivity contribution in [1.82, 2.24) is 5.32 Å². The van der Waals surface area contributed by atoms with Crippen molar-refractivity contribution in [3.8, 4) is 11.5 Å². The number of hydrogen-bond acceptors (Lipinski definition) is 5. The van der Waals surface area contributed by atoms with Crippen LogP contribution in [0.5, 0.6) is 11.5 Å². The van der Waals surface area contributed by atoms with Crippen molar-refractivity contribution in [2.24, 2.45) is 0 Å². The molecule has 0 atom stereocenters. The normalized spacial score (nSPS) is 10.5. The van der Waals surface area contributed by atoms with E-state index in [4.69, 9.17) is 29.3 Å². The minimum absolute atomic E-state index is 0.479.